The molecule has 0 radical (unpaired) electrons. The number of hydrogen-bond acceptors (Lipinski definition) is 5. The van der Waals surface area contributed by atoms with Crippen LogP contribution in [-0.2, 0) is 4.74 Å². The Hall–Kier alpha value is -2.47. The van der Waals surface area contributed by atoms with Crippen molar-refractivity contribution < 1.29 is 9.53 Å². The monoisotopic (exact) mass is 326 g/mol. The topological polar surface area (TPSA) is 58.6 Å². The highest BCUT2D eigenvalue weighted by atomic mass is 16.5. The van der Waals surface area contributed by atoms with Crippen molar-refractivity contribution in [3.63, 3.8) is 0 Å². The maximum Gasteiger partial charge on any atom is 0.254 e. The number of amides is 1. The Balaban J connectivity index is 1.80. The van der Waals surface area contributed by atoms with Crippen LogP contribution in [-0.4, -0.2) is 54.6 Å². The van der Waals surface area contributed by atoms with Crippen molar-refractivity contribution in [3.8, 4) is 0 Å². The summed E-state index contributed by atoms with van der Waals surface area (Å²) in [5.74, 6) is 1.57. The van der Waals surface area contributed by atoms with Gasteiger partial charge in [0.2, 0.25) is 0 Å². The van der Waals surface area contributed by atoms with Gasteiger partial charge in [-0.15, -0.1) is 0 Å². The molecule has 0 aliphatic carbocycles. The Bertz CT molecular complexity index is 718. The van der Waals surface area contributed by atoms with E-state index in [1.54, 1.807) is 0 Å². The molecule has 126 valence electrons. The standard InChI is InChI=1S/C18H22N4O2/c1-13-19-15(11-17(20-13)21(2)3)16-12-22(9-10-24-16)18(23)14-7-5-4-6-8-14/h4-8,11,16H,9-10,12H2,1-3H3/t16-/m0/s1. The van der Waals surface area contributed by atoms with Crippen molar-refractivity contribution in [1.82, 2.24) is 14.9 Å². The van der Waals surface area contributed by atoms with E-state index in [1.165, 1.54) is 0 Å². The Morgan fingerprint density at radius 2 is 2.00 bits per heavy atom. The van der Waals surface area contributed by atoms with Crippen LogP contribution in [0.4, 0.5) is 5.82 Å². The van der Waals surface area contributed by atoms with Crippen LogP contribution in [0.5, 0.6) is 0 Å². The summed E-state index contributed by atoms with van der Waals surface area (Å²) in [4.78, 5) is 25.3. The third-order valence-electron chi connectivity index (χ3n) is 4.01. The smallest absolute Gasteiger partial charge is 0.254 e. The van der Waals surface area contributed by atoms with Gasteiger partial charge in [0.1, 0.15) is 17.7 Å². The number of benzene rings is 1. The molecule has 2 heterocycles. The van der Waals surface area contributed by atoms with Crippen LogP contribution in [0.15, 0.2) is 36.4 Å². The van der Waals surface area contributed by atoms with Crippen LogP contribution in [0.1, 0.15) is 28.0 Å². The number of morpholine rings is 1. The number of nitrogens with zero attached hydrogens (tertiary/aromatic N) is 4. The summed E-state index contributed by atoms with van der Waals surface area (Å²) < 4.78 is 5.87. The van der Waals surface area contributed by atoms with Gasteiger partial charge in [-0.25, -0.2) is 9.97 Å². The molecule has 0 N–H and O–H groups in total. The summed E-state index contributed by atoms with van der Waals surface area (Å²) in [5.41, 5.74) is 1.52. The van der Waals surface area contributed by atoms with Gasteiger partial charge in [-0.2, -0.15) is 0 Å². The van der Waals surface area contributed by atoms with Gasteiger partial charge in [0, 0.05) is 32.3 Å². The number of aryl methyl sites for hydroxylation is 1. The molecule has 1 fully saturated rings. The molecule has 0 unspecified atom stereocenters. The first kappa shape index (κ1) is 16.4. The summed E-state index contributed by atoms with van der Waals surface area (Å²) in [6.45, 7) is 3.46. The van der Waals surface area contributed by atoms with Gasteiger partial charge in [0.15, 0.2) is 0 Å². The molecule has 1 saturated heterocycles. The molecule has 1 aromatic carbocycles. The normalized spacial score (nSPS) is 17.6. The van der Waals surface area contributed by atoms with Crippen molar-refractivity contribution >= 4 is 11.7 Å². The van der Waals surface area contributed by atoms with Gasteiger partial charge in [-0.3, -0.25) is 4.79 Å². The van der Waals surface area contributed by atoms with Crippen molar-refractivity contribution in [2.45, 2.75) is 13.0 Å². The molecule has 6 nitrogen and oxygen atoms in total. The SMILES string of the molecule is Cc1nc([C@@H]2CN(C(=O)c3ccccc3)CCO2)cc(N(C)C)n1. The summed E-state index contributed by atoms with van der Waals surface area (Å²) in [6, 6.07) is 11.3. The molecule has 3 rings (SSSR count). The molecule has 0 spiro atoms. The van der Waals surface area contributed by atoms with Gasteiger partial charge in [0.05, 0.1) is 18.8 Å². The molecule has 1 amide bonds. The number of aromatic nitrogens is 2. The van der Waals surface area contributed by atoms with Crippen LogP contribution in [0.25, 0.3) is 0 Å². The third-order valence-corrected chi connectivity index (χ3v) is 4.01. The highest BCUT2D eigenvalue weighted by Gasteiger charge is 2.27. The quantitative estimate of drug-likeness (QED) is 0.864. The zero-order chi connectivity index (χ0) is 17.1. The van der Waals surface area contributed by atoms with Gasteiger partial charge < -0.3 is 14.5 Å². The second-order valence-electron chi connectivity index (χ2n) is 6.07. The Morgan fingerprint density at radius 3 is 2.71 bits per heavy atom. The predicted octanol–water partition coefficient (Wildman–Crippen LogP) is 2.06. The van der Waals surface area contributed by atoms with Gasteiger partial charge in [-0.1, -0.05) is 18.2 Å². The molecule has 0 bridgehead atoms. The second kappa shape index (κ2) is 6.97. The largest absolute Gasteiger partial charge is 0.368 e. The van der Waals surface area contributed by atoms with Crippen LogP contribution in [0, 0.1) is 6.92 Å². The van der Waals surface area contributed by atoms with E-state index in [0.29, 0.717) is 31.1 Å². The van der Waals surface area contributed by atoms with Crippen LogP contribution in [0.2, 0.25) is 0 Å². The van der Waals surface area contributed by atoms with Gasteiger partial charge in [-0.05, 0) is 19.1 Å². The lowest BCUT2D eigenvalue weighted by molar-refractivity contribution is -0.0248. The van der Waals surface area contributed by atoms with Gasteiger partial charge >= 0.3 is 0 Å². The minimum atomic E-state index is -0.230. The van der Waals surface area contributed by atoms with E-state index < -0.39 is 0 Å². The molecule has 1 atom stereocenters. The molecular formula is C18H22N4O2. The molecule has 2 aromatic rings. The maximum absolute atomic E-state index is 12.6. The van der Waals surface area contributed by atoms with E-state index in [9.17, 15) is 4.79 Å². The first-order valence-electron chi connectivity index (χ1n) is 8.03. The Labute approximate surface area is 142 Å². The van der Waals surface area contributed by atoms with Crippen LogP contribution < -0.4 is 4.90 Å². The van der Waals surface area contributed by atoms with E-state index in [4.69, 9.17) is 4.74 Å². The average Bonchev–Trinajstić information content (AvgIpc) is 2.61. The van der Waals surface area contributed by atoms with E-state index >= 15 is 0 Å². The molecule has 6 heteroatoms. The molecule has 1 aliphatic rings. The average molecular weight is 326 g/mol. The lowest BCUT2D eigenvalue weighted by Gasteiger charge is -2.33. The number of hydrogen-bond donors (Lipinski definition) is 0. The number of anilines is 1. The first-order chi connectivity index (χ1) is 11.5. The van der Waals surface area contributed by atoms with Gasteiger partial charge in [0.25, 0.3) is 5.91 Å². The van der Waals surface area contributed by atoms with Crippen molar-refractivity contribution in [2.24, 2.45) is 0 Å². The van der Waals surface area contributed by atoms with E-state index in [1.807, 2.05) is 67.2 Å². The number of carbonyl (C=O) groups is 1. The fourth-order valence-corrected chi connectivity index (χ4v) is 2.74. The molecule has 24 heavy (non-hydrogen) atoms. The third kappa shape index (κ3) is 3.54. The van der Waals surface area contributed by atoms with Crippen LogP contribution in [0.3, 0.4) is 0 Å². The summed E-state index contributed by atoms with van der Waals surface area (Å²) in [7, 11) is 3.89. The Kier molecular flexibility index (Phi) is 4.76. The predicted molar refractivity (Wildman–Crippen MR) is 92.1 cm³/mol. The summed E-state index contributed by atoms with van der Waals surface area (Å²) >= 11 is 0. The van der Waals surface area contributed by atoms with Crippen molar-refractivity contribution in [3.05, 3.63) is 53.5 Å². The molecule has 1 aliphatic heterocycles. The highest BCUT2D eigenvalue weighted by molar-refractivity contribution is 5.94. The molecule has 1 aromatic heterocycles. The van der Waals surface area contributed by atoms with Crippen LogP contribution >= 0.6 is 0 Å². The summed E-state index contributed by atoms with van der Waals surface area (Å²) in [6.07, 6.45) is -0.230. The summed E-state index contributed by atoms with van der Waals surface area (Å²) in [5, 5.41) is 0. The lowest BCUT2D eigenvalue weighted by atomic mass is 10.1. The van der Waals surface area contributed by atoms with Crippen molar-refractivity contribution in [2.75, 3.05) is 38.7 Å². The first-order valence-corrected chi connectivity index (χ1v) is 8.03. The number of carbonyl (C=O) groups excluding carboxylic acids is 1. The van der Waals surface area contributed by atoms with Crippen molar-refractivity contribution in [1.29, 1.82) is 0 Å². The Morgan fingerprint density at radius 1 is 1.25 bits per heavy atom. The number of rotatable bonds is 3. The zero-order valence-corrected chi connectivity index (χ0v) is 14.3. The van der Waals surface area contributed by atoms with E-state index in [-0.39, 0.29) is 12.0 Å². The fourth-order valence-electron chi connectivity index (χ4n) is 2.74. The highest BCUT2D eigenvalue weighted by Crippen LogP contribution is 2.24. The molecule has 0 saturated carbocycles. The maximum atomic E-state index is 12.6. The lowest BCUT2D eigenvalue weighted by Crippen LogP contribution is -2.42. The number of ether oxygens (including phenoxy) is 1. The van der Waals surface area contributed by atoms with E-state index in [0.717, 1.165) is 11.5 Å². The zero-order valence-electron chi connectivity index (χ0n) is 14.3. The molecular weight excluding hydrogens is 304 g/mol. The van der Waals surface area contributed by atoms with E-state index in [2.05, 4.69) is 9.97 Å². The fraction of sp³-hybridized carbons (Fsp3) is 0.389. The minimum absolute atomic E-state index is 0.0301. The second-order valence-corrected chi connectivity index (χ2v) is 6.07. The minimum Gasteiger partial charge on any atom is -0.368 e.